The Morgan fingerprint density at radius 2 is 2.12 bits per heavy atom. The van der Waals surface area contributed by atoms with E-state index in [1.54, 1.807) is 0 Å². The van der Waals surface area contributed by atoms with Crippen LogP contribution in [0.5, 0.6) is 0 Å². The Kier molecular flexibility index (Phi) is 4.12. The highest BCUT2D eigenvalue weighted by Gasteiger charge is 1.91. The number of hydrogen-bond donors (Lipinski definition) is 1. The predicted molar refractivity (Wildman–Crippen MR) is 43.7 cm³/mol. The van der Waals surface area contributed by atoms with Crippen molar-refractivity contribution in [2.75, 3.05) is 14.1 Å². The van der Waals surface area contributed by atoms with Gasteiger partial charge in [0, 0.05) is 14.1 Å². The first-order chi connectivity index (χ1) is 3.72. The van der Waals surface area contributed by atoms with Crippen molar-refractivity contribution in [1.82, 2.24) is 9.99 Å². The van der Waals surface area contributed by atoms with E-state index >= 15 is 0 Å². The normalized spacial score (nSPS) is 11.2. The van der Waals surface area contributed by atoms with Gasteiger partial charge in [-0.15, -0.1) is 0 Å². The van der Waals surface area contributed by atoms with E-state index in [0.29, 0.717) is 0 Å². The fourth-order valence-corrected chi connectivity index (χ4v) is 1.07. The van der Waals surface area contributed by atoms with Gasteiger partial charge in [0.25, 0.3) is 0 Å². The van der Waals surface area contributed by atoms with Gasteiger partial charge in [-0.2, -0.15) is 0 Å². The van der Waals surface area contributed by atoms with Crippen LogP contribution in [0.2, 0.25) is 0 Å². The van der Waals surface area contributed by atoms with Gasteiger partial charge in [-0.1, -0.05) is 0 Å². The second-order valence-corrected chi connectivity index (χ2v) is 2.04. The number of nitrogens with zero attached hydrogens (tertiary/aromatic N) is 2. The zero-order chi connectivity index (χ0) is 6.57. The summed E-state index contributed by atoms with van der Waals surface area (Å²) < 4.78 is 3.83. The van der Waals surface area contributed by atoms with Crippen LogP contribution in [0.4, 0.5) is 0 Å². The first-order valence-corrected chi connectivity index (χ1v) is 3.23. The quantitative estimate of drug-likeness (QED) is 0.301. The third-order valence-electron chi connectivity index (χ3n) is 0.675. The van der Waals surface area contributed by atoms with E-state index in [1.807, 2.05) is 19.0 Å². The highest BCUT2D eigenvalue weighted by Crippen LogP contribution is 1.88. The molecule has 0 rings (SSSR count). The number of rotatable bonds is 0. The third kappa shape index (κ3) is 2.44. The summed E-state index contributed by atoms with van der Waals surface area (Å²) >= 11 is 0. The summed E-state index contributed by atoms with van der Waals surface area (Å²) in [6, 6.07) is 0. The molecule has 0 bridgehead atoms. The zero-order valence-corrected chi connectivity index (χ0v) is 7.36. The molecule has 0 aliphatic rings. The summed E-state index contributed by atoms with van der Waals surface area (Å²) in [6.07, 6.45) is 0. The average Bonchev–Trinajstić information content (AvgIpc) is 1.69. The maximum atomic E-state index is 3.83. The highest BCUT2D eigenvalue weighted by atomic mass is 31.0. The Balaban J connectivity index is 3.72. The molecular formula is C3H11N3P2. The third-order valence-corrected chi connectivity index (χ3v) is 1.18. The largest absolute Gasteiger partial charge is 0.349 e. The van der Waals surface area contributed by atoms with E-state index in [9.17, 15) is 0 Å². The van der Waals surface area contributed by atoms with Crippen LogP contribution < -0.4 is 5.09 Å². The van der Waals surface area contributed by atoms with Crippen molar-refractivity contribution >= 4 is 24.7 Å². The lowest BCUT2D eigenvalue weighted by atomic mass is 10.8. The van der Waals surface area contributed by atoms with Crippen LogP contribution in [0.3, 0.4) is 0 Å². The molecule has 0 heterocycles. The minimum absolute atomic E-state index is 0.819. The van der Waals surface area contributed by atoms with Gasteiger partial charge in [-0.05, 0) is 18.8 Å². The Bertz CT molecular complexity index is 90.5. The van der Waals surface area contributed by atoms with E-state index in [4.69, 9.17) is 0 Å². The molecule has 5 heteroatoms. The van der Waals surface area contributed by atoms with Crippen molar-refractivity contribution < 1.29 is 0 Å². The van der Waals surface area contributed by atoms with Gasteiger partial charge >= 0.3 is 0 Å². The summed E-state index contributed by atoms with van der Waals surface area (Å²) in [5.41, 5.74) is 0. The van der Waals surface area contributed by atoms with Crippen molar-refractivity contribution in [3.63, 3.8) is 0 Å². The highest BCUT2D eigenvalue weighted by molar-refractivity contribution is 7.16. The lowest BCUT2D eigenvalue weighted by Crippen LogP contribution is -2.29. The summed E-state index contributed by atoms with van der Waals surface area (Å²) in [7, 11) is 8.48. The van der Waals surface area contributed by atoms with Crippen molar-refractivity contribution in [2.45, 2.75) is 0 Å². The van der Waals surface area contributed by atoms with Crippen LogP contribution in [0.1, 0.15) is 0 Å². The monoisotopic (exact) mass is 151 g/mol. The molecule has 0 aromatic carbocycles. The van der Waals surface area contributed by atoms with Crippen LogP contribution in [-0.2, 0) is 0 Å². The molecule has 0 aliphatic heterocycles. The second kappa shape index (κ2) is 4.05. The van der Waals surface area contributed by atoms with E-state index < -0.39 is 0 Å². The molecule has 0 aromatic rings. The second-order valence-electron chi connectivity index (χ2n) is 1.49. The van der Waals surface area contributed by atoms with Crippen molar-refractivity contribution in [3.8, 4) is 0 Å². The number of nitrogens with one attached hydrogen (secondary N) is 1. The lowest BCUT2D eigenvalue weighted by molar-refractivity contribution is 0.611. The van der Waals surface area contributed by atoms with E-state index in [1.165, 1.54) is 0 Å². The molecule has 8 heavy (non-hydrogen) atoms. The predicted octanol–water partition coefficient (Wildman–Crippen LogP) is 0.0738. The Hall–Kier alpha value is 0.130. The van der Waals surface area contributed by atoms with Crippen molar-refractivity contribution in [1.29, 1.82) is 0 Å². The van der Waals surface area contributed by atoms with Gasteiger partial charge in [-0.25, -0.2) is 4.76 Å². The van der Waals surface area contributed by atoms with Crippen molar-refractivity contribution in [2.24, 2.45) is 4.76 Å². The summed E-state index contributed by atoms with van der Waals surface area (Å²) in [5, 5.41) is 2.82. The molecule has 0 saturated heterocycles. The first-order valence-electron chi connectivity index (χ1n) is 2.14. The molecule has 0 fully saturated rings. The van der Waals surface area contributed by atoms with Crippen LogP contribution in [0, 0.1) is 0 Å². The minimum atomic E-state index is 0.819. The molecule has 3 nitrogen and oxygen atoms in total. The molecule has 1 N–H and O–H groups in total. The Labute approximate surface area is 54.4 Å². The summed E-state index contributed by atoms with van der Waals surface area (Å²) in [4.78, 5) is 1.88. The topological polar surface area (TPSA) is 27.6 Å². The Morgan fingerprint density at radius 1 is 1.62 bits per heavy atom. The molecule has 2 unspecified atom stereocenters. The van der Waals surface area contributed by atoms with Gasteiger partial charge in [-0.3, -0.25) is 0 Å². The molecule has 2 atom stereocenters. The molecule has 0 saturated carbocycles. The summed E-state index contributed by atoms with van der Waals surface area (Å²) in [6.45, 7) is 0. The fraction of sp³-hybridized carbons (Fsp3) is 0.667. The smallest absolute Gasteiger partial charge is 0.199 e. The van der Waals surface area contributed by atoms with Gasteiger partial charge < -0.3 is 9.99 Å². The SMILES string of the molecule is CN(C)/C(=N/P)NP. The average molecular weight is 151 g/mol. The fourth-order valence-electron chi connectivity index (χ4n) is 0.282. The maximum absolute atomic E-state index is 3.83. The van der Waals surface area contributed by atoms with E-state index in [-0.39, 0.29) is 0 Å². The molecule has 0 spiro atoms. The van der Waals surface area contributed by atoms with Crippen LogP contribution in [0.15, 0.2) is 4.76 Å². The molecule has 0 aliphatic carbocycles. The molecular weight excluding hydrogens is 140 g/mol. The van der Waals surface area contributed by atoms with Gasteiger partial charge in [0.2, 0.25) is 0 Å². The van der Waals surface area contributed by atoms with Gasteiger partial charge in [0.15, 0.2) is 5.96 Å². The number of guanidine groups is 1. The maximum Gasteiger partial charge on any atom is 0.199 e. The standard InChI is InChI=1S/C3H11N3P2/c1-6(2)3(4-7)5-8/h7-8H2,1-2H3,(H,4,5). The Morgan fingerprint density at radius 3 is 2.12 bits per heavy atom. The first kappa shape index (κ1) is 8.13. The lowest BCUT2D eigenvalue weighted by Gasteiger charge is -2.12. The molecule has 0 radical (unpaired) electrons. The van der Waals surface area contributed by atoms with Crippen LogP contribution in [0.25, 0.3) is 0 Å². The summed E-state index contributed by atoms with van der Waals surface area (Å²) in [5.74, 6) is 0.819. The van der Waals surface area contributed by atoms with Crippen LogP contribution >= 0.6 is 18.8 Å². The zero-order valence-electron chi connectivity index (χ0n) is 5.05. The van der Waals surface area contributed by atoms with Crippen molar-refractivity contribution in [3.05, 3.63) is 0 Å². The molecule has 48 valence electrons. The molecule has 0 amide bonds. The molecule has 0 aromatic heterocycles. The van der Waals surface area contributed by atoms with Gasteiger partial charge in [0.05, 0.1) is 0 Å². The van der Waals surface area contributed by atoms with E-state index in [2.05, 4.69) is 28.6 Å². The minimum Gasteiger partial charge on any atom is -0.349 e. The van der Waals surface area contributed by atoms with Crippen LogP contribution in [-0.4, -0.2) is 25.0 Å². The van der Waals surface area contributed by atoms with E-state index in [0.717, 1.165) is 5.96 Å². The van der Waals surface area contributed by atoms with Gasteiger partial charge in [0.1, 0.15) is 0 Å². The number of hydrogen-bond acceptors (Lipinski definition) is 1.